The molecule has 2 heterocycles. The Kier molecular flexibility index (Phi) is 6.39. The number of carbonyl (C=O) groups is 4. The van der Waals surface area contributed by atoms with Gasteiger partial charge in [-0.2, -0.15) is 0 Å². The third-order valence-corrected chi connectivity index (χ3v) is 5.56. The van der Waals surface area contributed by atoms with Gasteiger partial charge in [-0.3, -0.25) is 19.2 Å². The maximum atomic E-state index is 12.6. The minimum absolute atomic E-state index is 0.0802. The van der Waals surface area contributed by atoms with E-state index in [1.165, 1.54) is 16.2 Å². The Bertz CT molecular complexity index is 593. The molecule has 8 heteroatoms. The summed E-state index contributed by atoms with van der Waals surface area (Å²) in [5.41, 5.74) is 5.19. The predicted octanol–water partition coefficient (Wildman–Crippen LogP) is -0.510. The number of carbonyl (C=O) groups excluding carboxylic acids is 4. The summed E-state index contributed by atoms with van der Waals surface area (Å²) in [6, 6.07) is -1.06. The van der Waals surface area contributed by atoms with Crippen LogP contribution in [-0.4, -0.2) is 69.7 Å². The summed E-state index contributed by atoms with van der Waals surface area (Å²) in [6.45, 7) is 5.60. The lowest BCUT2D eigenvalue weighted by molar-refractivity contribution is -0.144. The highest BCUT2D eigenvalue weighted by atomic mass is 16.3. The summed E-state index contributed by atoms with van der Waals surface area (Å²) in [6.07, 6.45) is 1.61. The molecular weight excluding hydrogens is 338 g/mol. The van der Waals surface area contributed by atoms with Crippen LogP contribution in [0.5, 0.6) is 0 Å². The molecule has 0 aliphatic carbocycles. The number of primary amides is 1. The zero-order chi connectivity index (χ0) is 19.6. The van der Waals surface area contributed by atoms with Crippen LogP contribution in [-0.2, 0) is 19.2 Å². The Labute approximate surface area is 153 Å². The largest absolute Gasteiger partial charge is 0.383 e. The zero-order valence-corrected chi connectivity index (χ0v) is 15.6. The smallest absolute Gasteiger partial charge is 0.252 e. The van der Waals surface area contributed by atoms with Gasteiger partial charge in [-0.1, -0.05) is 27.2 Å². The molecule has 8 nitrogen and oxygen atoms in total. The highest BCUT2D eigenvalue weighted by Crippen LogP contribution is 2.31. The second-order valence-corrected chi connectivity index (χ2v) is 7.34. The van der Waals surface area contributed by atoms with Gasteiger partial charge in [0.2, 0.25) is 11.8 Å². The highest BCUT2D eigenvalue weighted by molar-refractivity contribution is 5.99. The van der Waals surface area contributed by atoms with E-state index in [9.17, 15) is 24.3 Å². The zero-order valence-electron chi connectivity index (χ0n) is 15.6. The number of aliphatic hydroxyl groups excluding tert-OH is 1. The van der Waals surface area contributed by atoms with Gasteiger partial charge in [0.05, 0.1) is 19.0 Å². The van der Waals surface area contributed by atoms with Crippen LogP contribution >= 0.6 is 0 Å². The van der Waals surface area contributed by atoms with Crippen LogP contribution in [0.15, 0.2) is 0 Å². The Morgan fingerprint density at radius 3 is 2.54 bits per heavy atom. The number of amides is 3. The molecule has 2 aliphatic heterocycles. The van der Waals surface area contributed by atoms with Gasteiger partial charge in [-0.15, -0.1) is 0 Å². The fourth-order valence-corrected chi connectivity index (χ4v) is 3.51. The van der Waals surface area contributed by atoms with Crippen molar-refractivity contribution in [2.45, 2.75) is 58.2 Å². The number of ketones is 1. The predicted molar refractivity (Wildman–Crippen MR) is 93.4 cm³/mol. The normalized spacial score (nSPS) is 25.8. The topological polar surface area (TPSA) is 121 Å². The van der Waals surface area contributed by atoms with E-state index >= 15 is 0 Å². The summed E-state index contributed by atoms with van der Waals surface area (Å²) in [7, 11) is 0. The van der Waals surface area contributed by atoms with Gasteiger partial charge in [0.1, 0.15) is 12.1 Å². The molecule has 0 spiro atoms. The first-order valence-electron chi connectivity index (χ1n) is 9.13. The van der Waals surface area contributed by atoms with Crippen molar-refractivity contribution in [3.63, 3.8) is 0 Å². The monoisotopic (exact) mass is 366 g/mol. The molecule has 2 fully saturated rings. The molecule has 3 N–H and O–H groups in total. The molecule has 145 valence electrons. The molecule has 2 aliphatic rings. The van der Waals surface area contributed by atoms with Crippen LogP contribution in [0.25, 0.3) is 0 Å². The summed E-state index contributed by atoms with van der Waals surface area (Å²) in [5.74, 6) is -2.10. The van der Waals surface area contributed by atoms with Gasteiger partial charge in [0.15, 0.2) is 5.78 Å². The molecule has 0 bridgehead atoms. The van der Waals surface area contributed by atoms with Crippen LogP contribution in [0.1, 0.15) is 40.0 Å². The molecule has 2 saturated heterocycles. The van der Waals surface area contributed by atoms with Crippen molar-refractivity contribution in [1.82, 2.24) is 9.80 Å². The first-order valence-corrected chi connectivity index (χ1v) is 9.13. The molecule has 26 heavy (non-hydrogen) atoms. The Hall–Kier alpha value is -1.96. The van der Waals surface area contributed by atoms with Crippen molar-refractivity contribution in [3.05, 3.63) is 6.42 Å². The van der Waals surface area contributed by atoms with Gasteiger partial charge >= 0.3 is 0 Å². The third kappa shape index (κ3) is 3.90. The van der Waals surface area contributed by atoms with Gasteiger partial charge < -0.3 is 20.6 Å². The fraction of sp³-hybridized carbons (Fsp3) is 0.722. The van der Waals surface area contributed by atoms with Crippen molar-refractivity contribution >= 4 is 23.5 Å². The molecule has 2 rings (SSSR count). The molecule has 5 unspecified atom stereocenters. The SMILES string of the molecule is CCC(C)C(O)C(=O)N1CC(=O)C2C1CCN2C(=O)[CH]CC(C)C(N)=O. The number of Topliss-reactive ketones (excluding diaryl/α,β-unsaturated/α-hetero) is 1. The summed E-state index contributed by atoms with van der Waals surface area (Å²) < 4.78 is 0. The Balaban J connectivity index is 2.03. The number of rotatable bonds is 7. The van der Waals surface area contributed by atoms with E-state index in [1.54, 1.807) is 13.8 Å². The molecule has 0 aromatic carbocycles. The van der Waals surface area contributed by atoms with E-state index in [0.717, 1.165) is 0 Å². The van der Waals surface area contributed by atoms with Crippen LogP contribution in [0.4, 0.5) is 0 Å². The summed E-state index contributed by atoms with van der Waals surface area (Å²) in [4.78, 5) is 51.4. The summed E-state index contributed by atoms with van der Waals surface area (Å²) in [5, 5.41) is 10.2. The van der Waals surface area contributed by atoms with Crippen molar-refractivity contribution in [1.29, 1.82) is 0 Å². The van der Waals surface area contributed by atoms with E-state index in [4.69, 9.17) is 5.73 Å². The first-order chi connectivity index (χ1) is 12.2. The number of hydrogen-bond donors (Lipinski definition) is 2. The third-order valence-electron chi connectivity index (χ3n) is 5.56. The van der Waals surface area contributed by atoms with Crippen LogP contribution in [0, 0.1) is 18.3 Å². The highest BCUT2D eigenvalue weighted by Gasteiger charge is 2.52. The van der Waals surface area contributed by atoms with Gasteiger partial charge in [-0.05, 0) is 18.8 Å². The maximum Gasteiger partial charge on any atom is 0.252 e. The number of nitrogens with zero attached hydrogens (tertiary/aromatic N) is 2. The van der Waals surface area contributed by atoms with Crippen LogP contribution in [0.2, 0.25) is 0 Å². The molecule has 0 saturated carbocycles. The van der Waals surface area contributed by atoms with Crippen molar-refractivity contribution < 1.29 is 24.3 Å². The van der Waals surface area contributed by atoms with Gasteiger partial charge in [-0.25, -0.2) is 0 Å². The number of likely N-dealkylation sites (tertiary alicyclic amines) is 2. The van der Waals surface area contributed by atoms with E-state index in [2.05, 4.69) is 0 Å². The lowest BCUT2D eigenvalue weighted by Crippen LogP contribution is -2.47. The van der Waals surface area contributed by atoms with E-state index in [-0.39, 0.29) is 36.6 Å². The second-order valence-electron chi connectivity index (χ2n) is 7.34. The fourth-order valence-electron chi connectivity index (χ4n) is 3.51. The minimum Gasteiger partial charge on any atom is -0.383 e. The van der Waals surface area contributed by atoms with Crippen LogP contribution in [0.3, 0.4) is 0 Å². The molecule has 3 amide bonds. The average Bonchev–Trinajstić information content (AvgIpc) is 3.18. The standard InChI is InChI=1S/C18H28N3O5/c1-4-10(2)16(24)18(26)21-9-13(22)15-12(21)7-8-20(15)14(23)6-5-11(3)17(19)25/h6,10-12,15-16,24H,4-5,7-9H2,1-3H3,(H2,19,25). The lowest BCUT2D eigenvalue weighted by Gasteiger charge is -2.27. The number of fused-ring (bicyclic) bond motifs is 1. The number of nitrogens with two attached hydrogens (primary N) is 1. The molecule has 0 aromatic rings. The molecule has 1 radical (unpaired) electrons. The lowest BCUT2D eigenvalue weighted by atomic mass is 10.0. The van der Waals surface area contributed by atoms with Gasteiger partial charge in [0.25, 0.3) is 5.91 Å². The molecular formula is C18H28N3O5. The van der Waals surface area contributed by atoms with Crippen molar-refractivity contribution in [2.24, 2.45) is 17.6 Å². The Morgan fingerprint density at radius 1 is 1.31 bits per heavy atom. The van der Waals surface area contributed by atoms with E-state index in [1.807, 2.05) is 6.92 Å². The molecule has 0 aromatic heterocycles. The van der Waals surface area contributed by atoms with Crippen LogP contribution < -0.4 is 5.73 Å². The van der Waals surface area contributed by atoms with Crippen molar-refractivity contribution in [3.8, 4) is 0 Å². The van der Waals surface area contributed by atoms with E-state index in [0.29, 0.717) is 19.4 Å². The molecule has 5 atom stereocenters. The quantitative estimate of drug-likeness (QED) is 0.629. The number of hydrogen-bond acceptors (Lipinski definition) is 5. The minimum atomic E-state index is -1.14. The summed E-state index contributed by atoms with van der Waals surface area (Å²) >= 11 is 0. The first kappa shape index (κ1) is 20.4. The second kappa shape index (κ2) is 8.16. The number of aliphatic hydroxyl groups is 1. The van der Waals surface area contributed by atoms with Gasteiger partial charge in [0, 0.05) is 12.5 Å². The maximum absolute atomic E-state index is 12.6. The van der Waals surface area contributed by atoms with Crippen molar-refractivity contribution in [2.75, 3.05) is 13.1 Å². The average molecular weight is 366 g/mol. The Morgan fingerprint density at radius 2 is 1.96 bits per heavy atom. The van der Waals surface area contributed by atoms with E-state index < -0.39 is 29.9 Å².